The normalized spacial score (nSPS) is 13.2. The fraction of sp³-hybridized carbons (Fsp3) is 0.357. The molecule has 90 valence electrons. The number of aliphatic hydroxyl groups is 1. The maximum atomic E-state index is 9.09. The van der Waals surface area contributed by atoms with Crippen LogP contribution < -0.4 is 0 Å². The zero-order valence-electron chi connectivity index (χ0n) is 10.3. The summed E-state index contributed by atoms with van der Waals surface area (Å²) in [5.74, 6) is 0. The van der Waals surface area contributed by atoms with Crippen molar-refractivity contribution in [1.29, 1.82) is 0 Å². The Hall–Kier alpha value is -1.45. The number of benzene rings is 1. The molecule has 17 heavy (non-hydrogen) atoms. The van der Waals surface area contributed by atoms with Gasteiger partial charge in [0.15, 0.2) is 0 Å². The van der Waals surface area contributed by atoms with Crippen LogP contribution in [-0.4, -0.2) is 34.7 Å². The lowest BCUT2D eigenvalue weighted by Gasteiger charge is -2.22. The SMILES string of the molecule is CC(CO)N(C)Cc1ccc2ccccc2n1. The van der Waals surface area contributed by atoms with Gasteiger partial charge in [0.1, 0.15) is 0 Å². The van der Waals surface area contributed by atoms with E-state index in [2.05, 4.69) is 22.0 Å². The van der Waals surface area contributed by atoms with Gasteiger partial charge in [0, 0.05) is 18.0 Å². The summed E-state index contributed by atoms with van der Waals surface area (Å²) in [5.41, 5.74) is 2.06. The predicted molar refractivity (Wildman–Crippen MR) is 69.8 cm³/mol. The average Bonchev–Trinajstić information content (AvgIpc) is 2.37. The Kier molecular flexibility index (Phi) is 3.71. The van der Waals surface area contributed by atoms with Crippen LogP contribution in [0.1, 0.15) is 12.6 Å². The third-order valence-corrected chi connectivity index (χ3v) is 3.08. The van der Waals surface area contributed by atoms with Gasteiger partial charge in [-0.15, -0.1) is 0 Å². The number of pyridine rings is 1. The molecule has 0 saturated heterocycles. The molecule has 1 unspecified atom stereocenters. The minimum atomic E-state index is 0.156. The maximum Gasteiger partial charge on any atom is 0.0705 e. The van der Waals surface area contributed by atoms with Gasteiger partial charge >= 0.3 is 0 Å². The zero-order valence-corrected chi connectivity index (χ0v) is 10.3. The number of hydrogen-bond donors (Lipinski definition) is 1. The monoisotopic (exact) mass is 230 g/mol. The van der Waals surface area contributed by atoms with Crippen molar-refractivity contribution >= 4 is 10.9 Å². The molecule has 0 spiro atoms. The molecule has 0 bridgehead atoms. The van der Waals surface area contributed by atoms with E-state index in [-0.39, 0.29) is 12.6 Å². The molecule has 1 atom stereocenters. The first kappa shape index (κ1) is 12.0. The highest BCUT2D eigenvalue weighted by Gasteiger charge is 2.09. The molecule has 0 saturated carbocycles. The van der Waals surface area contributed by atoms with Gasteiger partial charge in [-0.3, -0.25) is 9.88 Å². The summed E-state index contributed by atoms with van der Waals surface area (Å²) >= 11 is 0. The van der Waals surface area contributed by atoms with Gasteiger partial charge in [0.25, 0.3) is 0 Å². The summed E-state index contributed by atoms with van der Waals surface area (Å²) in [6.07, 6.45) is 0. The van der Waals surface area contributed by atoms with Crippen molar-refractivity contribution in [2.24, 2.45) is 0 Å². The van der Waals surface area contributed by atoms with Crippen LogP contribution in [0.5, 0.6) is 0 Å². The van der Waals surface area contributed by atoms with Crippen molar-refractivity contribution in [1.82, 2.24) is 9.88 Å². The first-order valence-corrected chi connectivity index (χ1v) is 5.86. The Morgan fingerprint density at radius 3 is 2.76 bits per heavy atom. The highest BCUT2D eigenvalue weighted by atomic mass is 16.3. The number of likely N-dealkylation sites (N-methyl/N-ethyl adjacent to an activating group) is 1. The molecule has 1 aromatic carbocycles. The predicted octanol–water partition coefficient (Wildman–Crippen LogP) is 2.05. The fourth-order valence-corrected chi connectivity index (χ4v) is 1.75. The summed E-state index contributed by atoms with van der Waals surface area (Å²) in [6.45, 7) is 2.93. The molecule has 2 rings (SSSR count). The van der Waals surface area contributed by atoms with Crippen molar-refractivity contribution < 1.29 is 5.11 Å². The van der Waals surface area contributed by atoms with E-state index in [0.717, 1.165) is 23.1 Å². The third kappa shape index (κ3) is 2.81. The highest BCUT2D eigenvalue weighted by Crippen LogP contribution is 2.13. The van der Waals surface area contributed by atoms with Crippen molar-refractivity contribution in [3.8, 4) is 0 Å². The van der Waals surface area contributed by atoms with Crippen molar-refractivity contribution in [2.45, 2.75) is 19.5 Å². The number of nitrogens with zero attached hydrogens (tertiary/aromatic N) is 2. The summed E-state index contributed by atoms with van der Waals surface area (Å²) < 4.78 is 0. The van der Waals surface area contributed by atoms with E-state index in [0.29, 0.717) is 0 Å². The van der Waals surface area contributed by atoms with Crippen LogP contribution in [0.2, 0.25) is 0 Å². The van der Waals surface area contributed by atoms with Crippen molar-refractivity contribution in [2.75, 3.05) is 13.7 Å². The fourth-order valence-electron chi connectivity index (χ4n) is 1.75. The van der Waals surface area contributed by atoms with Gasteiger partial charge in [-0.1, -0.05) is 24.3 Å². The Morgan fingerprint density at radius 1 is 1.24 bits per heavy atom. The molecular formula is C14H18N2O. The van der Waals surface area contributed by atoms with E-state index in [1.807, 2.05) is 38.2 Å². The molecule has 0 amide bonds. The minimum absolute atomic E-state index is 0.156. The second-order valence-corrected chi connectivity index (χ2v) is 4.44. The van der Waals surface area contributed by atoms with Crippen LogP contribution in [0.4, 0.5) is 0 Å². The molecule has 3 nitrogen and oxygen atoms in total. The number of hydrogen-bond acceptors (Lipinski definition) is 3. The molecule has 0 radical (unpaired) electrons. The van der Waals surface area contributed by atoms with Crippen molar-refractivity contribution in [3.63, 3.8) is 0 Å². The van der Waals surface area contributed by atoms with E-state index in [1.54, 1.807) is 0 Å². The summed E-state index contributed by atoms with van der Waals surface area (Å²) in [6, 6.07) is 12.4. The standard InChI is InChI=1S/C14H18N2O/c1-11(10-17)16(2)9-13-8-7-12-5-3-4-6-14(12)15-13/h3-8,11,17H,9-10H2,1-2H3. The van der Waals surface area contributed by atoms with Crippen LogP contribution in [0.3, 0.4) is 0 Å². The lowest BCUT2D eigenvalue weighted by atomic mass is 10.2. The Morgan fingerprint density at radius 2 is 2.00 bits per heavy atom. The molecular weight excluding hydrogens is 212 g/mol. The largest absolute Gasteiger partial charge is 0.395 e. The quantitative estimate of drug-likeness (QED) is 0.873. The van der Waals surface area contributed by atoms with E-state index < -0.39 is 0 Å². The van der Waals surface area contributed by atoms with E-state index in [1.165, 1.54) is 0 Å². The third-order valence-electron chi connectivity index (χ3n) is 3.08. The molecule has 1 N–H and O–H groups in total. The number of fused-ring (bicyclic) bond motifs is 1. The Labute approximate surface area is 102 Å². The molecule has 3 heteroatoms. The molecule has 2 aromatic rings. The lowest BCUT2D eigenvalue weighted by molar-refractivity contribution is 0.153. The molecule has 0 fully saturated rings. The Balaban J connectivity index is 2.19. The molecule has 0 aliphatic carbocycles. The second kappa shape index (κ2) is 5.25. The van der Waals surface area contributed by atoms with Crippen LogP contribution >= 0.6 is 0 Å². The van der Waals surface area contributed by atoms with Crippen LogP contribution in [0.25, 0.3) is 10.9 Å². The van der Waals surface area contributed by atoms with E-state index in [4.69, 9.17) is 5.11 Å². The molecule has 0 aliphatic heterocycles. The number of rotatable bonds is 4. The molecule has 1 heterocycles. The van der Waals surface area contributed by atoms with Crippen LogP contribution in [0.15, 0.2) is 36.4 Å². The van der Waals surface area contributed by atoms with Gasteiger partial charge in [0.05, 0.1) is 17.8 Å². The lowest BCUT2D eigenvalue weighted by Crippen LogP contribution is -2.31. The van der Waals surface area contributed by atoms with Gasteiger partial charge in [-0.2, -0.15) is 0 Å². The van der Waals surface area contributed by atoms with Crippen molar-refractivity contribution in [3.05, 3.63) is 42.1 Å². The van der Waals surface area contributed by atoms with Crippen LogP contribution in [0, 0.1) is 0 Å². The van der Waals surface area contributed by atoms with Crippen LogP contribution in [-0.2, 0) is 6.54 Å². The summed E-state index contributed by atoms with van der Waals surface area (Å²) in [5, 5.41) is 10.3. The first-order chi connectivity index (χ1) is 8.20. The van der Waals surface area contributed by atoms with Gasteiger partial charge in [-0.25, -0.2) is 0 Å². The minimum Gasteiger partial charge on any atom is -0.395 e. The topological polar surface area (TPSA) is 36.4 Å². The van der Waals surface area contributed by atoms with E-state index in [9.17, 15) is 0 Å². The number of para-hydroxylation sites is 1. The summed E-state index contributed by atoms with van der Waals surface area (Å²) in [7, 11) is 2.00. The first-order valence-electron chi connectivity index (χ1n) is 5.86. The highest BCUT2D eigenvalue weighted by molar-refractivity contribution is 5.78. The summed E-state index contributed by atoms with van der Waals surface area (Å²) in [4.78, 5) is 6.70. The molecule has 1 aromatic heterocycles. The zero-order chi connectivity index (χ0) is 12.3. The second-order valence-electron chi connectivity index (χ2n) is 4.44. The number of aliphatic hydroxyl groups excluding tert-OH is 1. The van der Waals surface area contributed by atoms with Gasteiger partial charge in [-0.05, 0) is 26.1 Å². The average molecular weight is 230 g/mol. The Bertz CT molecular complexity index is 498. The maximum absolute atomic E-state index is 9.09. The smallest absolute Gasteiger partial charge is 0.0705 e. The van der Waals surface area contributed by atoms with E-state index >= 15 is 0 Å². The van der Waals surface area contributed by atoms with Gasteiger partial charge < -0.3 is 5.11 Å². The number of aromatic nitrogens is 1. The van der Waals surface area contributed by atoms with Gasteiger partial charge in [0.2, 0.25) is 0 Å². The molecule has 0 aliphatic rings.